The molecule has 14 rings (SSSR count). The highest BCUT2D eigenvalue weighted by atomic mass is 15.0. The van der Waals surface area contributed by atoms with Crippen LogP contribution in [0.5, 0.6) is 0 Å². The van der Waals surface area contributed by atoms with E-state index in [1.54, 1.807) is 0 Å². The van der Waals surface area contributed by atoms with Crippen LogP contribution >= 0.6 is 0 Å². The van der Waals surface area contributed by atoms with E-state index in [4.69, 9.17) is 15.0 Å². The first-order chi connectivity index (χ1) is 32.7. The number of nitrogens with zero attached hydrogens (tertiary/aromatic N) is 5. The van der Waals surface area contributed by atoms with Crippen LogP contribution < -0.4 is 0 Å². The maximum Gasteiger partial charge on any atom is 0.164 e. The molecule has 0 aliphatic carbocycles. The lowest BCUT2D eigenvalue weighted by Crippen LogP contribution is -2.00. The van der Waals surface area contributed by atoms with Gasteiger partial charge in [-0.05, 0) is 98.4 Å². The summed E-state index contributed by atoms with van der Waals surface area (Å²) < 4.78 is 4.89. The van der Waals surface area contributed by atoms with Crippen LogP contribution in [0.15, 0.2) is 224 Å². The minimum atomic E-state index is 0.629. The van der Waals surface area contributed by atoms with Crippen LogP contribution in [0.3, 0.4) is 0 Å². The van der Waals surface area contributed by atoms with Crippen LogP contribution in [0.4, 0.5) is 0 Å². The zero-order valence-corrected chi connectivity index (χ0v) is 35.6. The Morgan fingerprint density at radius 2 is 0.788 bits per heavy atom. The minimum absolute atomic E-state index is 0.629. The van der Waals surface area contributed by atoms with Gasteiger partial charge in [-0.3, -0.25) is 0 Å². The highest BCUT2D eigenvalue weighted by molar-refractivity contribution is 6.25. The summed E-state index contributed by atoms with van der Waals surface area (Å²) in [5, 5.41) is 14.3. The van der Waals surface area contributed by atoms with Crippen LogP contribution in [0.25, 0.3) is 132 Å². The van der Waals surface area contributed by atoms with E-state index >= 15 is 0 Å². The van der Waals surface area contributed by atoms with E-state index in [1.807, 2.05) is 0 Å². The van der Waals surface area contributed by atoms with Gasteiger partial charge in [-0.15, -0.1) is 0 Å². The number of benzene rings is 11. The number of rotatable bonds is 5. The zero-order chi connectivity index (χ0) is 43.3. The molecule has 0 amide bonds. The average molecular weight is 840 g/mol. The van der Waals surface area contributed by atoms with Gasteiger partial charge in [0.2, 0.25) is 0 Å². The van der Waals surface area contributed by atoms with Gasteiger partial charge in [-0.25, -0.2) is 15.0 Å². The first-order valence-corrected chi connectivity index (χ1v) is 22.4. The quantitative estimate of drug-likeness (QED) is 0.173. The van der Waals surface area contributed by atoms with E-state index < -0.39 is 0 Å². The third-order valence-corrected chi connectivity index (χ3v) is 13.5. The lowest BCUT2D eigenvalue weighted by molar-refractivity contribution is 1.08. The van der Waals surface area contributed by atoms with E-state index in [-0.39, 0.29) is 0 Å². The predicted octanol–water partition coefficient (Wildman–Crippen LogP) is 15.7. The minimum Gasteiger partial charge on any atom is -0.309 e. The molecule has 0 bridgehead atoms. The molecule has 3 heterocycles. The van der Waals surface area contributed by atoms with Crippen LogP contribution in [0.1, 0.15) is 0 Å². The second-order valence-electron chi connectivity index (χ2n) is 17.2. The fourth-order valence-corrected chi connectivity index (χ4v) is 10.4. The third kappa shape index (κ3) is 5.63. The summed E-state index contributed by atoms with van der Waals surface area (Å²) in [4.78, 5) is 15.5. The molecule has 0 radical (unpaired) electrons. The second-order valence-corrected chi connectivity index (χ2v) is 17.2. The van der Waals surface area contributed by atoms with E-state index in [0.717, 1.165) is 60.6 Å². The van der Waals surface area contributed by atoms with E-state index in [1.165, 1.54) is 54.1 Å². The van der Waals surface area contributed by atoms with Crippen molar-refractivity contribution in [3.8, 4) is 45.5 Å². The fourth-order valence-electron chi connectivity index (χ4n) is 10.4. The third-order valence-electron chi connectivity index (χ3n) is 13.5. The predicted molar refractivity (Wildman–Crippen MR) is 275 cm³/mol. The summed E-state index contributed by atoms with van der Waals surface area (Å²) in [6, 6.07) is 80.6. The summed E-state index contributed by atoms with van der Waals surface area (Å²) >= 11 is 0. The standard InChI is InChI=1S/C61H37N5/c1-2-19-47(20-3-1)65-55-32-30-40-15-8-9-21-49(40)58(55)52-36-51-50-22-10-11-23-54(50)66(56(51)37-57(52)65)53-24-12-18-43-35-46(29-31-48(43)53)61-63-59(44-27-25-38-13-4-6-16-41(38)33-44)62-60(64-61)45-28-26-39-14-5-7-17-42(39)34-45/h1-37H. The normalized spacial score (nSPS) is 11.9. The van der Waals surface area contributed by atoms with Crippen molar-refractivity contribution in [2.45, 2.75) is 0 Å². The second kappa shape index (κ2) is 14.3. The summed E-state index contributed by atoms with van der Waals surface area (Å²) in [5.41, 5.74) is 9.75. The lowest BCUT2D eigenvalue weighted by atomic mass is 10.0. The molecule has 0 fully saturated rings. The molecule has 306 valence electrons. The van der Waals surface area contributed by atoms with Crippen molar-refractivity contribution in [3.05, 3.63) is 224 Å². The number of hydrogen-bond donors (Lipinski definition) is 0. The molecule has 5 nitrogen and oxygen atoms in total. The molecule has 14 aromatic rings. The Morgan fingerprint density at radius 3 is 1.48 bits per heavy atom. The van der Waals surface area contributed by atoms with Crippen molar-refractivity contribution in [2.75, 3.05) is 0 Å². The van der Waals surface area contributed by atoms with Crippen molar-refractivity contribution < 1.29 is 0 Å². The summed E-state index contributed by atoms with van der Waals surface area (Å²) in [5.74, 6) is 1.91. The Hall–Kier alpha value is -8.93. The maximum absolute atomic E-state index is 5.20. The Labute approximate surface area is 379 Å². The molecule has 3 aromatic heterocycles. The van der Waals surface area contributed by atoms with Gasteiger partial charge in [0.05, 0.1) is 27.8 Å². The fraction of sp³-hybridized carbons (Fsp3) is 0. The Balaban J connectivity index is 0.979. The molecule has 0 saturated heterocycles. The smallest absolute Gasteiger partial charge is 0.164 e. The number of para-hydroxylation sites is 2. The topological polar surface area (TPSA) is 48.5 Å². The molecular formula is C61H37N5. The monoisotopic (exact) mass is 839 g/mol. The summed E-state index contributed by atoms with van der Waals surface area (Å²) in [6.07, 6.45) is 0. The van der Waals surface area contributed by atoms with Crippen molar-refractivity contribution in [1.29, 1.82) is 0 Å². The van der Waals surface area contributed by atoms with Gasteiger partial charge >= 0.3 is 0 Å². The molecule has 0 spiro atoms. The molecule has 66 heavy (non-hydrogen) atoms. The molecule has 0 aliphatic heterocycles. The molecule has 5 heteroatoms. The SMILES string of the molecule is c1ccc(-n2c3cc4c(cc3c3c5ccccc5ccc32)c2ccccc2n4-c2cccc3cc(-c4nc(-c5ccc6ccccc6c5)nc(-c5ccc6ccccc6c5)n4)ccc23)cc1. The molecular weight excluding hydrogens is 803 g/mol. The number of fused-ring (bicyclic) bond motifs is 11. The molecule has 0 atom stereocenters. The highest BCUT2D eigenvalue weighted by Gasteiger charge is 2.21. The van der Waals surface area contributed by atoms with Crippen LogP contribution in [-0.2, 0) is 0 Å². The molecule has 0 N–H and O–H groups in total. The van der Waals surface area contributed by atoms with Gasteiger partial charge in [0.1, 0.15) is 0 Å². The van der Waals surface area contributed by atoms with Crippen LogP contribution in [0.2, 0.25) is 0 Å². The lowest BCUT2D eigenvalue weighted by Gasteiger charge is -2.14. The van der Waals surface area contributed by atoms with E-state index in [0.29, 0.717) is 17.5 Å². The van der Waals surface area contributed by atoms with Gasteiger partial charge < -0.3 is 9.13 Å². The Bertz CT molecular complexity index is 4200. The van der Waals surface area contributed by atoms with Crippen molar-refractivity contribution >= 4 is 86.7 Å². The molecule has 11 aromatic carbocycles. The average Bonchev–Trinajstić information content (AvgIpc) is 3.89. The summed E-state index contributed by atoms with van der Waals surface area (Å²) in [6.45, 7) is 0. The summed E-state index contributed by atoms with van der Waals surface area (Å²) in [7, 11) is 0. The van der Waals surface area contributed by atoms with Gasteiger partial charge in [0.15, 0.2) is 17.5 Å². The Kier molecular flexibility index (Phi) is 7.91. The molecule has 0 aliphatic rings. The van der Waals surface area contributed by atoms with Crippen molar-refractivity contribution in [3.63, 3.8) is 0 Å². The van der Waals surface area contributed by atoms with Crippen LogP contribution in [-0.4, -0.2) is 24.1 Å². The molecule has 0 saturated carbocycles. The molecule has 0 unspecified atom stereocenters. The van der Waals surface area contributed by atoms with E-state index in [2.05, 4.69) is 234 Å². The number of aromatic nitrogens is 5. The maximum atomic E-state index is 5.20. The van der Waals surface area contributed by atoms with Crippen molar-refractivity contribution in [2.24, 2.45) is 0 Å². The Morgan fingerprint density at radius 1 is 0.258 bits per heavy atom. The zero-order valence-electron chi connectivity index (χ0n) is 35.6. The highest BCUT2D eigenvalue weighted by Crippen LogP contribution is 2.43. The van der Waals surface area contributed by atoms with Gasteiger partial charge in [0, 0.05) is 49.3 Å². The van der Waals surface area contributed by atoms with Gasteiger partial charge in [-0.2, -0.15) is 0 Å². The first kappa shape index (κ1) is 36.5. The van der Waals surface area contributed by atoms with E-state index in [9.17, 15) is 0 Å². The number of hydrogen-bond acceptors (Lipinski definition) is 3. The van der Waals surface area contributed by atoms with Gasteiger partial charge in [0.25, 0.3) is 0 Å². The van der Waals surface area contributed by atoms with Gasteiger partial charge in [-0.1, -0.05) is 164 Å². The largest absolute Gasteiger partial charge is 0.309 e. The first-order valence-electron chi connectivity index (χ1n) is 22.4. The van der Waals surface area contributed by atoms with Crippen LogP contribution in [0, 0.1) is 0 Å². The van der Waals surface area contributed by atoms with Crippen molar-refractivity contribution in [1.82, 2.24) is 24.1 Å².